The van der Waals surface area contributed by atoms with Gasteiger partial charge in [-0.2, -0.15) is 0 Å². The highest BCUT2D eigenvalue weighted by atomic mass is 28.4. The van der Waals surface area contributed by atoms with E-state index in [-0.39, 0.29) is 22.5 Å². The molecule has 2 aromatic carbocycles. The Balaban J connectivity index is 1.61. The van der Waals surface area contributed by atoms with E-state index < -0.39 is 14.4 Å². The molecule has 0 fully saturated rings. The summed E-state index contributed by atoms with van der Waals surface area (Å²) in [5, 5.41) is 12.4. The molecule has 3 aromatic rings. The Morgan fingerprint density at radius 3 is 2.30 bits per heavy atom. The summed E-state index contributed by atoms with van der Waals surface area (Å²) in [6.07, 6.45) is 6.68. The zero-order valence-corrected chi connectivity index (χ0v) is 29.5. The molecule has 1 N–H and O–H groups in total. The molecule has 0 radical (unpaired) electrons. The highest BCUT2D eigenvalue weighted by Crippen LogP contribution is 2.52. The number of hydrogen-bond donors (Lipinski definition) is 1. The quantitative estimate of drug-likeness (QED) is 0.245. The second-order valence-electron chi connectivity index (χ2n) is 15.6. The van der Waals surface area contributed by atoms with Gasteiger partial charge in [0.05, 0.1) is 6.10 Å². The molecular formula is C39H53NO3Si. The van der Waals surface area contributed by atoms with Gasteiger partial charge in [0.1, 0.15) is 18.5 Å². The number of ether oxygens (including phenoxy) is 1. The van der Waals surface area contributed by atoms with Crippen LogP contribution in [-0.4, -0.2) is 18.4 Å². The number of allylic oxidation sites excluding steroid dienone is 2. The van der Waals surface area contributed by atoms with E-state index in [4.69, 9.17) is 14.1 Å². The summed E-state index contributed by atoms with van der Waals surface area (Å²) in [7, 11) is -2.09. The zero-order chi connectivity index (χ0) is 31.9. The van der Waals surface area contributed by atoms with Gasteiger partial charge in [-0.25, -0.2) is 0 Å². The predicted molar refractivity (Wildman–Crippen MR) is 185 cm³/mol. The largest absolute Gasteiger partial charge is 0.489 e. The molecule has 0 amide bonds. The predicted octanol–water partition coefficient (Wildman–Crippen LogP) is 10.5. The second-order valence-corrected chi connectivity index (χ2v) is 20.3. The van der Waals surface area contributed by atoms with Crippen molar-refractivity contribution in [2.75, 3.05) is 0 Å². The van der Waals surface area contributed by atoms with Crippen molar-refractivity contribution in [1.29, 1.82) is 0 Å². The molecule has 5 heteroatoms. The molecule has 0 saturated carbocycles. The lowest BCUT2D eigenvalue weighted by Crippen LogP contribution is -2.44. The Bertz CT molecular complexity index is 1480. The molecule has 2 aliphatic rings. The van der Waals surface area contributed by atoms with Crippen LogP contribution in [0.3, 0.4) is 0 Å². The van der Waals surface area contributed by atoms with Gasteiger partial charge < -0.3 is 14.3 Å². The average Bonchev–Trinajstić information content (AvgIpc) is 3.49. The molecule has 1 aromatic heterocycles. The topological polar surface area (TPSA) is 51.6 Å². The number of benzene rings is 2. The van der Waals surface area contributed by atoms with E-state index in [0.717, 1.165) is 65.9 Å². The number of aliphatic hydroxyl groups is 1. The maximum Gasteiger partial charge on any atom is 0.192 e. The number of aliphatic hydroxyl groups excluding tert-OH is 1. The van der Waals surface area contributed by atoms with E-state index in [1.54, 1.807) is 0 Å². The Morgan fingerprint density at radius 2 is 1.70 bits per heavy atom. The van der Waals surface area contributed by atoms with E-state index >= 15 is 0 Å². The van der Waals surface area contributed by atoms with Crippen LogP contribution in [0.1, 0.15) is 131 Å². The summed E-state index contributed by atoms with van der Waals surface area (Å²) in [4.78, 5) is 5.43. The van der Waals surface area contributed by atoms with Crippen molar-refractivity contribution in [3.63, 3.8) is 0 Å². The fourth-order valence-electron chi connectivity index (χ4n) is 6.54. The minimum atomic E-state index is -2.09. The molecule has 4 nitrogen and oxygen atoms in total. The average molecular weight is 612 g/mol. The summed E-state index contributed by atoms with van der Waals surface area (Å²) < 4.78 is 13.4. The van der Waals surface area contributed by atoms with Crippen molar-refractivity contribution >= 4 is 13.9 Å². The molecular weight excluding hydrogens is 559 g/mol. The maximum absolute atomic E-state index is 12.3. The molecule has 0 spiro atoms. The van der Waals surface area contributed by atoms with Gasteiger partial charge in [-0.05, 0) is 96.0 Å². The molecule has 0 aliphatic heterocycles. The third-order valence-corrected chi connectivity index (χ3v) is 14.4. The van der Waals surface area contributed by atoms with Crippen LogP contribution in [0, 0.1) is 5.41 Å². The Hall–Kier alpha value is -2.73. The second kappa shape index (κ2) is 12.6. The molecule has 2 aliphatic carbocycles. The highest BCUT2D eigenvalue weighted by Gasteiger charge is 2.45. The van der Waals surface area contributed by atoms with Gasteiger partial charge in [0.2, 0.25) is 0 Å². The lowest BCUT2D eigenvalue weighted by molar-refractivity contribution is 0.105. The van der Waals surface area contributed by atoms with Crippen molar-refractivity contribution in [3.05, 3.63) is 99.9 Å². The van der Waals surface area contributed by atoms with Crippen LogP contribution < -0.4 is 4.74 Å². The number of aromatic nitrogens is 1. The van der Waals surface area contributed by atoms with Crippen molar-refractivity contribution in [3.8, 4) is 5.75 Å². The summed E-state index contributed by atoms with van der Waals surface area (Å²) in [5.41, 5.74) is 9.02. The SMILES string of the molecule is CC(C)c1nc2c(c(C3=CCCC3)c1C(O)c1ccc(OCc3ccccc3)cc1)[C@@H](O[Si](C)(C)C(C)(C)C)CC(C)(C)C2. The van der Waals surface area contributed by atoms with Crippen LogP contribution in [0.5, 0.6) is 5.75 Å². The van der Waals surface area contributed by atoms with Crippen LogP contribution >= 0.6 is 0 Å². The van der Waals surface area contributed by atoms with Gasteiger partial charge in [-0.15, -0.1) is 0 Å². The minimum absolute atomic E-state index is 0.0421. The first-order valence-corrected chi connectivity index (χ1v) is 19.5. The normalized spacial score (nSPS) is 19.1. The van der Waals surface area contributed by atoms with E-state index in [1.165, 1.54) is 16.7 Å². The molecule has 44 heavy (non-hydrogen) atoms. The van der Waals surface area contributed by atoms with Crippen molar-refractivity contribution in [2.24, 2.45) is 5.41 Å². The lowest BCUT2D eigenvalue weighted by atomic mass is 9.71. The lowest BCUT2D eigenvalue weighted by Gasteiger charge is -2.45. The molecule has 0 saturated heterocycles. The van der Waals surface area contributed by atoms with Gasteiger partial charge in [0.15, 0.2) is 8.32 Å². The summed E-state index contributed by atoms with van der Waals surface area (Å²) in [6.45, 7) is 21.3. The first kappa shape index (κ1) is 32.7. The standard InChI is InChI=1S/C39H53NO3Si/c1-26(2)36-35(37(41)29-19-21-30(22-20-29)42-25-27-15-11-10-12-16-27)33(28-17-13-14-18-28)34-31(40-36)23-39(6,7)24-32(34)43-44(8,9)38(3,4)5/h10-12,15-17,19-22,26,32,37,41H,13-14,18,23-25H2,1-9H3/t32-,37?/m0/s1. The Morgan fingerprint density at radius 1 is 1.02 bits per heavy atom. The van der Waals surface area contributed by atoms with Gasteiger partial charge >= 0.3 is 0 Å². The van der Waals surface area contributed by atoms with Crippen LogP contribution in [-0.2, 0) is 17.5 Å². The Kier molecular flexibility index (Phi) is 9.33. The van der Waals surface area contributed by atoms with Crippen LogP contribution in [0.15, 0.2) is 60.7 Å². The molecule has 1 unspecified atom stereocenters. The molecule has 2 atom stereocenters. The summed E-state index contributed by atoms with van der Waals surface area (Å²) in [5.74, 6) is 0.963. The number of nitrogens with zero attached hydrogens (tertiary/aromatic N) is 1. The Labute approximate surface area is 267 Å². The fraction of sp³-hybridized carbons (Fsp3) is 0.513. The molecule has 236 valence electrons. The number of rotatable bonds is 9. The van der Waals surface area contributed by atoms with Crippen LogP contribution in [0.2, 0.25) is 18.1 Å². The third-order valence-electron chi connectivity index (χ3n) is 9.96. The van der Waals surface area contributed by atoms with Gasteiger partial charge in [0, 0.05) is 22.5 Å². The number of hydrogen-bond acceptors (Lipinski definition) is 4. The maximum atomic E-state index is 12.3. The first-order chi connectivity index (χ1) is 20.7. The molecule has 5 rings (SSSR count). The monoisotopic (exact) mass is 611 g/mol. The molecule has 1 heterocycles. The summed E-state index contributed by atoms with van der Waals surface area (Å²) >= 11 is 0. The van der Waals surface area contributed by atoms with Gasteiger partial charge in [-0.3, -0.25) is 4.98 Å². The zero-order valence-electron chi connectivity index (χ0n) is 28.5. The van der Waals surface area contributed by atoms with E-state index in [9.17, 15) is 5.11 Å². The van der Waals surface area contributed by atoms with E-state index in [2.05, 4.69) is 79.8 Å². The minimum Gasteiger partial charge on any atom is -0.489 e. The van der Waals surface area contributed by atoms with Crippen LogP contribution in [0.4, 0.5) is 0 Å². The smallest absolute Gasteiger partial charge is 0.192 e. The fourth-order valence-corrected chi connectivity index (χ4v) is 7.81. The first-order valence-electron chi connectivity index (χ1n) is 16.6. The van der Waals surface area contributed by atoms with Gasteiger partial charge in [0.25, 0.3) is 0 Å². The highest BCUT2D eigenvalue weighted by molar-refractivity contribution is 6.74. The van der Waals surface area contributed by atoms with E-state index in [0.29, 0.717) is 6.61 Å². The van der Waals surface area contributed by atoms with Crippen LogP contribution in [0.25, 0.3) is 5.57 Å². The van der Waals surface area contributed by atoms with Gasteiger partial charge in [-0.1, -0.05) is 97.0 Å². The van der Waals surface area contributed by atoms with Crippen molar-refractivity contribution < 1.29 is 14.3 Å². The number of pyridine rings is 1. The van der Waals surface area contributed by atoms with Crippen molar-refractivity contribution in [1.82, 2.24) is 4.98 Å². The number of fused-ring (bicyclic) bond motifs is 1. The third kappa shape index (κ3) is 6.90. The molecule has 0 bridgehead atoms. The van der Waals surface area contributed by atoms with E-state index in [1.807, 2.05) is 42.5 Å². The summed E-state index contributed by atoms with van der Waals surface area (Å²) in [6, 6.07) is 18.2. The van der Waals surface area contributed by atoms with Crippen molar-refractivity contribution in [2.45, 2.75) is 123 Å².